The Balaban J connectivity index is 2.38. The second-order valence-electron chi connectivity index (χ2n) is 3.57. The molecule has 78 valence electrons. The van der Waals surface area contributed by atoms with Crippen molar-refractivity contribution in [3.63, 3.8) is 0 Å². The van der Waals surface area contributed by atoms with Gasteiger partial charge in [0.25, 0.3) is 5.60 Å². The van der Waals surface area contributed by atoms with Gasteiger partial charge in [0.1, 0.15) is 6.10 Å². The molecule has 14 heavy (non-hydrogen) atoms. The van der Waals surface area contributed by atoms with E-state index in [1.54, 1.807) is 6.92 Å². The Labute approximate surface area is 81.3 Å². The molecule has 2 rings (SSSR count). The summed E-state index contributed by atoms with van der Waals surface area (Å²) in [5.74, 6) is -1.28. The van der Waals surface area contributed by atoms with Crippen LogP contribution in [-0.4, -0.2) is 36.4 Å². The maximum atomic E-state index is 11.5. The minimum absolute atomic E-state index is 0.390. The van der Waals surface area contributed by atoms with Crippen molar-refractivity contribution in [2.24, 2.45) is 0 Å². The fourth-order valence-corrected chi connectivity index (χ4v) is 2.22. The fourth-order valence-electron chi connectivity index (χ4n) is 2.22. The average molecular weight is 200 g/mol. The highest BCUT2D eigenvalue weighted by Crippen LogP contribution is 2.59. The highest BCUT2D eigenvalue weighted by Gasteiger charge is 2.87. The average Bonchev–Trinajstić information content (AvgIpc) is 2.83. The normalized spacial score (nSPS) is 44.2. The number of carbonyl (C=O) groups excluding carboxylic acids is 2. The van der Waals surface area contributed by atoms with Crippen molar-refractivity contribution in [1.82, 2.24) is 0 Å². The van der Waals surface area contributed by atoms with E-state index in [1.165, 1.54) is 7.11 Å². The number of fused-ring (bicyclic) bond motifs is 1. The molecule has 3 atom stereocenters. The first-order valence-corrected chi connectivity index (χ1v) is 4.55. The van der Waals surface area contributed by atoms with E-state index in [-0.39, 0.29) is 6.10 Å². The lowest BCUT2D eigenvalue weighted by atomic mass is 9.89. The third-order valence-corrected chi connectivity index (χ3v) is 3.12. The molecule has 2 aliphatic rings. The summed E-state index contributed by atoms with van der Waals surface area (Å²) in [7, 11) is 1.23. The SMILES string of the molecule is CCC12OC1(C(=O)OC)C(=O)OC2C. The first-order chi connectivity index (χ1) is 6.55. The van der Waals surface area contributed by atoms with Gasteiger partial charge in [-0.15, -0.1) is 0 Å². The summed E-state index contributed by atoms with van der Waals surface area (Å²) in [5, 5.41) is 0. The van der Waals surface area contributed by atoms with Gasteiger partial charge in [0.2, 0.25) is 0 Å². The van der Waals surface area contributed by atoms with E-state index in [2.05, 4.69) is 4.74 Å². The molecule has 0 aromatic rings. The molecule has 0 amide bonds. The zero-order valence-corrected chi connectivity index (χ0v) is 8.33. The Hall–Kier alpha value is -1.10. The van der Waals surface area contributed by atoms with Gasteiger partial charge in [0.15, 0.2) is 5.60 Å². The number of hydrogen-bond acceptors (Lipinski definition) is 5. The van der Waals surface area contributed by atoms with Gasteiger partial charge in [-0.05, 0) is 13.3 Å². The third-order valence-electron chi connectivity index (χ3n) is 3.12. The van der Waals surface area contributed by atoms with Gasteiger partial charge in [-0.1, -0.05) is 6.92 Å². The van der Waals surface area contributed by atoms with Crippen molar-refractivity contribution in [2.75, 3.05) is 7.11 Å². The maximum Gasteiger partial charge on any atom is 0.354 e. The maximum absolute atomic E-state index is 11.5. The van der Waals surface area contributed by atoms with Gasteiger partial charge in [-0.25, -0.2) is 9.59 Å². The topological polar surface area (TPSA) is 65.1 Å². The molecule has 0 radical (unpaired) electrons. The molecular formula is C9H12O5. The summed E-state index contributed by atoms with van der Waals surface area (Å²) in [6.45, 7) is 3.57. The molecule has 0 aromatic heterocycles. The van der Waals surface area contributed by atoms with E-state index in [0.29, 0.717) is 6.42 Å². The highest BCUT2D eigenvalue weighted by molar-refractivity contribution is 6.10. The number of ether oxygens (including phenoxy) is 3. The lowest BCUT2D eigenvalue weighted by Gasteiger charge is -2.11. The Morgan fingerprint density at radius 3 is 2.71 bits per heavy atom. The molecule has 0 bridgehead atoms. The fraction of sp³-hybridized carbons (Fsp3) is 0.778. The molecule has 2 fully saturated rings. The van der Waals surface area contributed by atoms with Crippen LogP contribution >= 0.6 is 0 Å². The summed E-state index contributed by atoms with van der Waals surface area (Å²) in [6, 6.07) is 0. The first kappa shape index (κ1) is 9.45. The Kier molecular flexibility index (Phi) is 1.67. The van der Waals surface area contributed by atoms with Gasteiger partial charge < -0.3 is 14.2 Å². The van der Waals surface area contributed by atoms with Crippen LogP contribution < -0.4 is 0 Å². The number of carbonyl (C=O) groups is 2. The molecule has 0 spiro atoms. The van der Waals surface area contributed by atoms with Crippen LogP contribution in [0.3, 0.4) is 0 Å². The molecule has 3 unspecified atom stereocenters. The third kappa shape index (κ3) is 0.706. The molecule has 5 heteroatoms. The summed E-state index contributed by atoms with van der Waals surface area (Å²) in [4.78, 5) is 22.9. The number of cyclic esters (lactones) is 1. The number of rotatable bonds is 2. The van der Waals surface area contributed by atoms with E-state index in [4.69, 9.17) is 9.47 Å². The molecule has 0 saturated carbocycles. The smallest absolute Gasteiger partial charge is 0.354 e. The van der Waals surface area contributed by atoms with Crippen LogP contribution in [0.4, 0.5) is 0 Å². The molecule has 5 nitrogen and oxygen atoms in total. The molecule has 0 aliphatic carbocycles. The van der Waals surface area contributed by atoms with Crippen molar-refractivity contribution < 1.29 is 23.8 Å². The van der Waals surface area contributed by atoms with Gasteiger partial charge >= 0.3 is 11.9 Å². The van der Waals surface area contributed by atoms with Crippen LogP contribution in [0.25, 0.3) is 0 Å². The van der Waals surface area contributed by atoms with Gasteiger partial charge in [-0.2, -0.15) is 0 Å². The molecule has 2 aliphatic heterocycles. The number of hydrogen-bond donors (Lipinski definition) is 0. The van der Waals surface area contributed by atoms with E-state index >= 15 is 0 Å². The summed E-state index contributed by atoms with van der Waals surface area (Å²) in [6.07, 6.45) is 0.161. The summed E-state index contributed by atoms with van der Waals surface area (Å²) >= 11 is 0. The Bertz CT molecular complexity index is 302. The van der Waals surface area contributed by atoms with Crippen LogP contribution in [0.2, 0.25) is 0 Å². The standard InChI is InChI=1S/C9H12O5/c1-4-8-5(2)13-7(11)9(8,14-8)6(10)12-3/h5H,4H2,1-3H3. The van der Waals surface area contributed by atoms with Gasteiger partial charge in [0.05, 0.1) is 7.11 Å². The van der Waals surface area contributed by atoms with Crippen molar-refractivity contribution in [3.05, 3.63) is 0 Å². The zero-order chi connectivity index (χ0) is 10.6. The monoisotopic (exact) mass is 200 g/mol. The lowest BCUT2D eigenvalue weighted by Crippen LogP contribution is -2.38. The number of esters is 2. The second-order valence-corrected chi connectivity index (χ2v) is 3.57. The van der Waals surface area contributed by atoms with Crippen LogP contribution in [0, 0.1) is 0 Å². The van der Waals surface area contributed by atoms with Gasteiger partial charge in [0, 0.05) is 0 Å². The summed E-state index contributed by atoms with van der Waals surface area (Å²) in [5.41, 5.74) is -2.27. The Morgan fingerprint density at radius 1 is 1.64 bits per heavy atom. The van der Waals surface area contributed by atoms with Crippen molar-refractivity contribution >= 4 is 11.9 Å². The molecule has 2 heterocycles. The van der Waals surface area contributed by atoms with Crippen molar-refractivity contribution in [3.8, 4) is 0 Å². The number of methoxy groups -OCH3 is 1. The zero-order valence-electron chi connectivity index (χ0n) is 8.33. The van der Waals surface area contributed by atoms with Crippen molar-refractivity contribution in [1.29, 1.82) is 0 Å². The molecular weight excluding hydrogens is 188 g/mol. The summed E-state index contributed by atoms with van der Waals surface area (Å²) < 4.78 is 14.8. The predicted octanol–water partition coefficient (Wildman–Crippen LogP) is 0.0225. The largest absolute Gasteiger partial charge is 0.466 e. The lowest BCUT2D eigenvalue weighted by molar-refractivity contribution is -0.164. The van der Waals surface area contributed by atoms with E-state index in [9.17, 15) is 9.59 Å². The van der Waals surface area contributed by atoms with E-state index in [0.717, 1.165) is 0 Å². The number of epoxide rings is 1. The molecule has 0 N–H and O–H groups in total. The van der Waals surface area contributed by atoms with Crippen LogP contribution in [0.5, 0.6) is 0 Å². The quantitative estimate of drug-likeness (QED) is 0.357. The minimum Gasteiger partial charge on any atom is -0.466 e. The first-order valence-electron chi connectivity index (χ1n) is 4.55. The van der Waals surface area contributed by atoms with Crippen LogP contribution in [0.1, 0.15) is 20.3 Å². The van der Waals surface area contributed by atoms with Crippen LogP contribution in [-0.2, 0) is 23.8 Å². The molecule has 0 aromatic carbocycles. The van der Waals surface area contributed by atoms with E-state index in [1.807, 2.05) is 6.92 Å². The highest BCUT2D eigenvalue weighted by atomic mass is 16.7. The Morgan fingerprint density at radius 2 is 2.29 bits per heavy atom. The van der Waals surface area contributed by atoms with Crippen LogP contribution in [0.15, 0.2) is 0 Å². The van der Waals surface area contributed by atoms with E-state index < -0.39 is 23.1 Å². The van der Waals surface area contributed by atoms with Gasteiger partial charge in [-0.3, -0.25) is 0 Å². The molecule has 2 saturated heterocycles. The minimum atomic E-state index is -1.48. The second kappa shape index (κ2) is 2.48. The predicted molar refractivity (Wildman–Crippen MR) is 44.4 cm³/mol. The van der Waals surface area contributed by atoms with Crippen molar-refractivity contribution in [2.45, 2.75) is 37.6 Å².